The molecule has 0 bridgehead atoms. The lowest BCUT2D eigenvalue weighted by Crippen LogP contribution is -2.05. The zero-order valence-electron chi connectivity index (χ0n) is 11.0. The minimum atomic E-state index is -0.0112. The average Bonchev–Trinajstić information content (AvgIpc) is 2.47. The molecule has 2 aromatic carbocycles. The van der Waals surface area contributed by atoms with Crippen molar-refractivity contribution in [3.63, 3.8) is 0 Å². The minimum Gasteiger partial charge on any atom is -0.493 e. The molecule has 0 atom stereocenters. The van der Waals surface area contributed by atoms with Gasteiger partial charge in [0, 0.05) is 10.1 Å². The summed E-state index contributed by atoms with van der Waals surface area (Å²) < 4.78 is 7.44. The van der Waals surface area contributed by atoms with Crippen LogP contribution < -0.4 is 10.2 Å². The van der Waals surface area contributed by atoms with Crippen molar-refractivity contribution in [1.29, 1.82) is 0 Å². The van der Waals surface area contributed by atoms with E-state index in [4.69, 9.17) is 16.3 Å². The number of benzene rings is 2. The number of hydrogen-bond donors (Lipinski definition) is 0. The van der Waals surface area contributed by atoms with Crippen LogP contribution in [-0.2, 0) is 0 Å². The van der Waals surface area contributed by atoms with E-state index in [9.17, 15) is 4.79 Å². The molecule has 0 radical (unpaired) electrons. The predicted octanol–water partition coefficient (Wildman–Crippen LogP) is 4.86. The van der Waals surface area contributed by atoms with E-state index in [-0.39, 0.29) is 5.43 Å². The van der Waals surface area contributed by atoms with Gasteiger partial charge < -0.3 is 4.74 Å². The van der Waals surface area contributed by atoms with Gasteiger partial charge in [-0.05, 0) is 30.7 Å². The molecule has 0 saturated carbocycles. The summed E-state index contributed by atoms with van der Waals surface area (Å²) >= 11 is 7.78. The standard InChI is InChI=1S/C16H13ClO2S/c1-2-9-19-12-8-7-11(17)16-14(12)15(18)10-5-3-4-6-13(10)20-16/h3-8H,2,9H2,1H3. The van der Waals surface area contributed by atoms with Crippen LogP contribution in [-0.4, -0.2) is 6.61 Å². The van der Waals surface area contributed by atoms with E-state index in [1.807, 2.05) is 31.2 Å². The van der Waals surface area contributed by atoms with Crippen molar-refractivity contribution >= 4 is 43.1 Å². The summed E-state index contributed by atoms with van der Waals surface area (Å²) in [4.78, 5) is 12.7. The molecule has 1 aromatic heterocycles. The Morgan fingerprint density at radius 1 is 1.20 bits per heavy atom. The van der Waals surface area contributed by atoms with Gasteiger partial charge in [-0.25, -0.2) is 0 Å². The van der Waals surface area contributed by atoms with Crippen molar-refractivity contribution in [3.05, 3.63) is 51.6 Å². The van der Waals surface area contributed by atoms with Gasteiger partial charge in [0.15, 0.2) is 5.43 Å². The molecule has 0 spiro atoms. The van der Waals surface area contributed by atoms with Gasteiger partial charge in [-0.1, -0.05) is 30.7 Å². The summed E-state index contributed by atoms with van der Waals surface area (Å²) in [5, 5.41) is 1.90. The summed E-state index contributed by atoms with van der Waals surface area (Å²) in [6.45, 7) is 2.63. The van der Waals surface area contributed by atoms with Crippen molar-refractivity contribution < 1.29 is 4.74 Å². The fourth-order valence-electron chi connectivity index (χ4n) is 2.17. The molecular formula is C16H13ClO2S. The third kappa shape index (κ3) is 2.17. The van der Waals surface area contributed by atoms with Gasteiger partial charge in [-0.3, -0.25) is 4.79 Å². The first-order chi connectivity index (χ1) is 9.72. The van der Waals surface area contributed by atoms with Crippen molar-refractivity contribution in [2.75, 3.05) is 6.61 Å². The van der Waals surface area contributed by atoms with E-state index in [1.54, 1.807) is 12.1 Å². The Hall–Kier alpha value is -1.58. The molecule has 102 valence electrons. The maximum atomic E-state index is 12.7. The van der Waals surface area contributed by atoms with E-state index in [0.29, 0.717) is 28.2 Å². The zero-order chi connectivity index (χ0) is 14.1. The first-order valence-corrected chi connectivity index (χ1v) is 7.68. The number of fused-ring (bicyclic) bond motifs is 2. The minimum absolute atomic E-state index is 0.0112. The second kappa shape index (κ2) is 5.43. The molecule has 3 rings (SSSR count). The van der Waals surface area contributed by atoms with Crippen LogP contribution in [0.4, 0.5) is 0 Å². The van der Waals surface area contributed by atoms with Crippen molar-refractivity contribution in [2.45, 2.75) is 13.3 Å². The van der Waals surface area contributed by atoms with Gasteiger partial charge in [0.05, 0.1) is 21.7 Å². The van der Waals surface area contributed by atoms with Crippen molar-refractivity contribution in [3.8, 4) is 5.75 Å². The largest absolute Gasteiger partial charge is 0.493 e. The molecule has 0 fully saturated rings. The van der Waals surface area contributed by atoms with Crippen molar-refractivity contribution in [2.24, 2.45) is 0 Å². The Balaban J connectivity index is 2.41. The summed E-state index contributed by atoms with van der Waals surface area (Å²) in [6, 6.07) is 11.2. The highest BCUT2D eigenvalue weighted by Crippen LogP contribution is 2.35. The average molecular weight is 305 g/mol. The Kier molecular flexibility index (Phi) is 3.64. The summed E-state index contributed by atoms with van der Waals surface area (Å²) in [5.41, 5.74) is -0.0112. The van der Waals surface area contributed by atoms with Gasteiger partial charge in [0.2, 0.25) is 0 Å². The highest BCUT2D eigenvalue weighted by Gasteiger charge is 2.13. The predicted molar refractivity (Wildman–Crippen MR) is 86.4 cm³/mol. The molecule has 3 aromatic rings. The molecule has 20 heavy (non-hydrogen) atoms. The van der Waals surface area contributed by atoms with Gasteiger partial charge >= 0.3 is 0 Å². The third-order valence-corrected chi connectivity index (χ3v) is 4.73. The lowest BCUT2D eigenvalue weighted by molar-refractivity contribution is 0.321. The molecule has 0 saturated heterocycles. The highest BCUT2D eigenvalue weighted by molar-refractivity contribution is 7.25. The topological polar surface area (TPSA) is 26.3 Å². The molecular weight excluding hydrogens is 292 g/mol. The first-order valence-electron chi connectivity index (χ1n) is 6.49. The van der Waals surface area contributed by atoms with Crippen LogP contribution in [0, 0.1) is 0 Å². The fraction of sp³-hybridized carbons (Fsp3) is 0.188. The van der Waals surface area contributed by atoms with Gasteiger partial charge in [0.25, 0.3) is 0 Å². The Morgan fingerprint density at radius 3 is 2.80 bits per heavy atom. The Labute approximate surface area is 125 Å². The first kappa shape index (κ1) is 13.4. The summed E-state index contributed by atoms with van der Waals surface area (Å²) in [6.07, 6.45) is 0.898. The van der Waals surface area contributed by atoms with Gasteiger partial charge in [-0.2, -0.15) is 0 Å². The van der Waals surface area contributed by atoms with E-state index in [2.05, 4.69) is 0 Å². The van der Waals surface area contributed by atoms with Crippen LogP contribution in [0.3, 0.4) is 0 Å². The maximum absolute atomic E-state index is 12.7. The number of halogens is 1. The highest BCUT2D eigenvalue weighted by atomic mass is 35.5. The third-order valence-electron chi connectivity index (χ3n) is 3.10. The smallest absolute Gasteiger partial charge is 0.199 e. The number of rotatable bonds is 3. The van der Waals surface area contributed by atoms with Gasteiger partial charge in [-0.15, -0.1) is 11.3 Å². The van der Waals surface area contributed by atoms with Crippen molar-refractivity contribution in [1.82, 2.24) is 0 Å². The molecule has 0 aliphatic carbocycles. The molecule has 2 nitrogen and oxygen atoms in total. The van der Waals surface area contributed by atoms with E-state index >= 15 is 0 Å². The molecule has 1 heterocycles. The molecule has 0 aliphatic rings. The molecule has 0 aliphatic heterocycles. The van der Waals surface area contributed by atoms with E-state index < -0.39 is 0 Å². The van der Waals surface area contributed by atoms with Crippen LogP contribution in [0.15, 0.2) is 41.2 Å². The maximum Gasteiger partial charge on any atom is 0.199 e. The second-order valence-electron chi connectivity index (χ2n) is 4.53. The lowest BCUT2D eigenvalue weighted by atomic mass is 10.1. The van der Waals surface area contributed by atoms with Crippen LogP contribution in [0.2, 0.25) is 5.02 Å². The summed E-state index contributed by atoms with van der Waals surface area (Å²) in [7, 11) is 0. The van der Waals surface area contributed by atoms with Gasteiger partial charge in [0.1, 0.15) is 5.75 Å². The Bertz CT molecular complexity index is 839. The number of hydrogen-bond acceptors (Lipinski definition) is 3. The SMILES string of the molecule is CCCOc1ccc(Cl)c2sc3ccccc3c(=O)c12. The zero-order valence-corrected chi connectivity index (χ0v) is 12.6. The number of ether oxygens (including phenoxy) is 1. The molecule has 0 unspecified atom stereocenters. The molecule has 4 heteroatoms. The molecule has 0 N–H and O–H groups in total. The normalized spacial score (nSPS) is 11.1. The second-order valence-corrected chi connectivity index (χ2v) is 5.98. The van der Waals surface area contributed by atoms with E-state index in [0.717, 1.165) is 15.8 Å². The van der Waals surface area contributed by atoms with Crippen LogP contribution in [0.25, 0.3) is 20.2 Å². The van der Waals surface area contributed by atoms with E-state index in [1.165, 1.54) is 11.3 Å². The summed E-state index contributed by atoms with van der Waals surface area (Å²) in [5.74, 6) is 0.623. The lowest BCUT2D eigenvalue weighted by Gasteiger charge is -2.09. The Morgan fingerprint density at radius 2 is 2.00 bits per heavy atom. The monoisotopic (exact) mass is 304 g/mol. The quantitative estimate of drug-likeness (QED) is 0.646. The van der Waals surface area contributed by atoms with Crippen LogP contribution >= 0.6 is 22.9 Å². The molecule has 0 amide bonds. The fourth-order valence-corrected chi connectivity index (χ4v) is 3.55. The van der Waals surface area contributed by atoms with Crippen LogP contribution in [0.5, 0.6) is 5.75 Å². The van der Waals surface area contributed by atoms with Crippen LogP contribution in [0.1, 0.15) is 13.3 Å².